The molecule has 1 amide bonds. The average molecular weight is 266 g/mol. The summed E-state index contributed by atoms with van der Waals surface area (Å²) in [6, 6.07) is 0. The number of rotatable bonds is 2. The summed E-state index contributed by atoms with van der Waals surface area (Å²) in [6.45, 7) is 8.10. The molecule has 1 saturated carbocycles. The molecule has 1 aromatic rings. The van der Waals surface area contributed by atoms with Crippen LogP contribution in [0.25, 0.3) is 0 Å². The molecule has 5 nitrogen and oxygen atoms in total. The van der Waals surface area contributed by atoms with E-state index in [2.05, 4.69) is 31.1 Å². The summed E-state index contributed by atoms with van der Waals surface area (Å²) in [7, 11) is 0. The molecule has 19 heavy (non-hydrogen) atoms. The summed E-state index contributed by atoms with van der Waals surface area (Å²) < 4.78 is 5.59. The zero-order valence-electron chi connectivity index (χ0n) is 12.0. The maximum atomic E-state index is 11.1. The van der Waals surface area contributed by atoms with Gasteiger partial charge in [-0.15, -0.1) is 0 Å². The van der Waals surface area contributed by atoms with Crippen LogP contribution in [0.1, 0.15) is 57.6 Å². The molecule has 0 aliphatic heterocycles. The Kier molecular flexibility index (Phi) is 3.32. The first-order chi connectivity index (χ1) is 8.73. The van der Waals surface area contributed by atoms with Crippen molar-refractivity contribution in [3.05, 3.63) is 17.8 Å². The predicted octanol–water partition coefficient (Wildman–Crippen LogP) is 3.30. The number of hydrogen-bond donors (Lipinski definition) is 2. The number of hydrogen-bond acceptors (Lipinski definition) is 3. The maximum absolute atomic E-state index is 11.1. The van der Waals surface area contributed by atoms with Gasteiger partial charge in [0.15, 0.2) is 5.89 Å². The standard InChI is InChI=1S/C14H22N2O3/c1-9-8-15-11(19-9)10-5-6-14(7-10,13(2,3)4)16-12(17)18/h8,10,16H,5-7H2,1-4H3,(H,17,18). The molecule has 2 unspecified atom stereocenters. The second kappa shape index (κ2) is 4.54. The topological polar surface area (TPSA) is 75.4 Å². The Morgan fingerprint density at radius 3 is 2.74 bits per heavy atom. The highest BCUT2D eigenvalue weighted by atomic mass is 16.4. The third-order valence-corrected chi connectivity index (χ3v) is 4.28. The molecule has 0 bridgehead atoms. The third kappa shape index (κ3) is 2.60. The third-order valence-electron chi connectivity index (χ3n) is 4.28. The molecular weight excluding hydrogens is 244 g/mol. The molecule has 2 atom stereocenters. The highest BCUT2D eigenvalue weighted by Crippen LogP contribution is 2.49. The number of aryl methyl sites for hydroxylation is 1. The van der Waals surface area contributed by atoms with Crippen molar-refractivity contribution in [2.75, 3.05) is 0 Å². The summed E-state index contributed by atoms with van der Waals surface area (Å²) in [5, 5.41) is 11.9. The fourth-order valence-corrected chi connectivity index (χ4v) is 3.00. The van der Waals surface area contributed by atoms with E-state index in [1.54, 1.807) is 6.20 Å². The molecule has 2 rings (SSSR count). The Hall–Kier alpha value is -1.52. The van der Waals surface area contributed by atoms with Gasteiger partial charge in [-0.2, -0.15) is 0 Å². The highest BCUT2D eigenvalue weighted by Gasteiger charge is 2.49. The summed E-state index contributed by atoms with van der Waals surface area (Å²) in [5.74, 6) is 1.73. The van der Waals surface area contributed by atoms with Crippen LogP contribution in [0.2, 0.25) is 0 Å². The largest absolute Gasteiger partial charge is 0.465 e. The van der Waals surface area contributed by atoms with Crippen LogP contribution >= 0.6 is 0 Å². The second-order valence-corrected chi connectivity index (χ2v) is 6.51. The van der Waals surface area contributed by atoms with Gasteiger partial charge in [-0.3, -0.25) is 0 Å². The first kappa shape index (κ1) is 13.9. The van der Waals surface area contributed by atoms with Crippen molar-refractivity contribution in [3.63, 3.8) is 0 Å². The lowest BCUT2D eigenvalue weighted by Crippen LogP contribution is -2.55. The highest BCUT2D eigenvalue weighted by molar-refractivity contribution is 5.66. The molecule has 0 spiro atoms. The SMILES string of the molecule is Cc1cnc(C2CCC(NC(=O)O)(C(C)(C)C)C2)o1. The van der Waals surface area contributed by atoms with Crippen LogP contribution in [0.5, 0.6) is 0 Å². The van der Waals surface area contributed by atoms with E-state index in [0.717, 1.165) is 30.9 Å². The summed E-state index contributed by atoms with van der Waals surface area (Å²) in [5.41, 5.74) is -0.548. The number of nitrogens with one attached hydrogen (secondary N) is 1. The molecule has 5 heteroatoms. The van der Waals surface area contributed by atoms with Crippen LogP contribution in [0.3, 0.4) is 0 Å². The summed E-state index contributed by atoms with van der Waals surface area (Å²) >= 11 is 0. The molecule has 0 aromatic carbocycles. The van der Waals surface area contributed by atoms with Crippen molar-refractivity contribution in [2.45, 2.75) is 58.4 Å². The van der Waals surface area contributed by atoms with Crippen molar-refractivity contribution in [2.24, 2.45) is 5.41 Å². The Morgan fingerprint density at radius 2 is 2.26 bits per heavy atom. The fraction of sp³-hybridized carbons (Fsp3) is 0.714. The lowest BCUT2D eigenvalue weighted by atomic mass is 9.72. The molecule has 1 aliphatic carbocycles. The minimum Gasteiger partial charge on any atom is -0.465 e. The Labute approximate surface area is 113 Å². The lowest BCUT2D eigenvalue weighted by Gasteiger charge is -2.42. The van der Waals surface area contributed by atoms with Gasteiger partial charge in [-0.25, -0.2) is 9.78 Å². The van der Waals surface area contributed by atoms with Crippen LogP contribution in [-0.4, -0.2) is 21.7 Å². The van der Waals surface area contributed by atoms with E-state index in [-0.39, 0.29) is 11.3 Å². The maximum Gasteiger partial charge on any atom is 0.405 e. The lowest BCUT2D eigenvalue weighted by molar-refractivity contribution is 0.120. The molecule has 1 aromatic heterocycles. The van der Waals surface area contributed by atoms with Gasteiger partial charge in [-0.1, -0.05) is 20.8 Å². The average Bonchev–Trinajstić information content (AvgIpc) is 2.83. The van der Waals surface area contributed by atoms with Crippen molar-refractivity contribution >= 4 is 6.09 Å². The van der Waals surface area contributed by atoms with E-state index >= 15 is 0 Å². The van der Waals surface area contributed by atoms with Crippen LogP contribution in [0.15, 0.2) is 10.6 Å². The molecule has 0 radical (unpaired) electrons. The van der Waals surface area contributed by atoms with Crippen molar-refractivity contribution < 1.29 is 14.3 Å². The normalized spacial score (nSPS) is 27.5. The number of aromatic nitrogens is 1. The summed E-state index contributed by atoms with van der Waals surface area (Å²) in [6.07, 6.45) is 3.21. The summed E-state index contributed by atoms with van der Waals surface area (Å²) in [4.78, 5) is 15.4. The fourth-order valence-electron chi connectivity index (χ4n) is 3.00. The van der Waals surface area contributed by atoms with Gasteiger partial charge in [-0.05, 0) is 31.6 Å². The van der Waals surface area contributed by atoms with E-state index in [9.17, 15) is 4.79 Å². The molecular formula is C14H22N2O3. The van der Waals surface area contributed by atoms with Gasteiger partial charge in [0.1, 0.15) is 5.76 Å². The zero-order chi connectivity index (χ0) is 14.3. The molecule has 1 fully saturated rings. The van der Waals surface area contributed by atoms with E-state index in [1.807, 2.05) is 6.92 Å². The van der Waals surface area contributed by atoms with Crippen LogP contribution in [0, 0.1) is 12.3 Å². The van der Waals surface area contributed by atoms with E-state index in [4.69, 9.17) is 9.52 Å². The van der Waals surface area contributed by atoms with Crippen LogP contribution in [0.4, 0.5) is 4.79 Å². The first-order valence-electron chi connectivity index (χ1n) is 6.67. The van der Waals surface area contributed by atoms with Crippen LogP contribution < -0.4 is 5.32 Å². The minimum absolute atomic E-state index is 0.137. The quantitative estimate of drug-likeness (QED) is 0.861. The van der Waals surface area contributed by atoms with Gasteiger partial charge in [0.25, 0.3) is 0 Å². The van der Waals surface area contributed by atoms with E-state index in [0.29, 0.717) is 0 Å². The predicted molar refractivity (Wildman–Crippen MR) is 71.2 cm³/mol. The van der Waals surface area contributed by atoms with Crippen molar-refractivity contribution in [1.82, 2.24) is 10.3 Å². The number of amides is 1. The number of oxazole rings is 1. The van der Waals surface area contributed by atoms with Gasteiger partial charge in [0.2, 0.25) is 0 Å². The Balaban J connectivity index is 2.22. The number of nitrogens with zero attached hydrogens (tertiary/aromatic N) is 1. The molecule has 1 aliphatic rings. The first-order valence-corrected chi connectivity index (χ1v) is 6.67. The Bertz CT molecular complexity index is 475. The zero-order valence-corrected chi connectivity index (χ0v) is 12.0. The van der Waals surface area contributed by atoms with Gasteiger partial charge in [0, 0.05) is 11.5 Å². The second-order valence-electron chi connectivity index (χ2n) is 6.51. The molecule has 106 valence electrons. The van der Waals surface area contributed by atoms with Crippen LogP contribution in [-0.2, 0) is 0 Å². The monoisotopic (exact) mass is 266 g/mol. The smallest absolute Gasteiger partial charge is 0.405 e. The van der Waals surface area contributed by atoms with E-state index < -0.39 is 11.6 Å². The molecule has 2 N–H and O–H groups in total. The molecule has 0 saturated heterocycles. The van der Waals surface area contributed by atoms with Crippen molar-refractivity contribution in [1.29, 1.82) is 0 Å². The van der Waals surface area contributed by atoms with Gasteiger partial charge in [0.05, 0.1) is 6.20 Å². The molecule has 1 heterocycles. The number of carbonyl (C=O) groups is 1. The van der Waals surface area contributed by atoms with Crippen molar-refractivity contribution in [3.8, 4) is 0 Å². The van der Waals surface area contributed by atoms with E-state index in [1.165, 1.54) is 0 Å². The minimum atomic E-state index is -0.959. The number of carboxylic acid groups (broad SMARTS) is 1. The van der Waals surface area contributed by atoms with Gasteiger partial charge >= 0.3 is 6.09 Å². The van der Waals surface area contributed by atoms with Gasteiger partial charge < -0.3 is 14.8 Å². The Morgan fingerprint density at radius 1 is 1.58 bits per heavy atom.